The fraction of sp³-hybridized carbons (Fsp3) is 0.0500. The first kappa shape index (κ1) is 15.0. The second kappa shape index (κ2) is 6.49. The Hall–Kier alpha value is -2.59. The molecule has 1 N–H and O–H groups in total. The minimum atomic E-state index is 0.790. The van der Waals surface area contributed by atoms with Crippen LogP contribution in [0, 0.1) is 0 Å². The maximum Gasteiger partial charge on any atom is 0.100 e. The van der Waals surface area contributed by atoms with Crippen molar-refractivity contribution >= 4 is 32.7 Å². The molecule has 4 aromatic rings. The summed E-state index contributed by atoms with van der Waals surface area (Å²) in [6.45, 7) is 0.790. The Labute approximate surface area is 149 Å². The van der Waals surface area contributed by atoms with E-state index >= 15 is 0 Å². The third-order valence-electron chi connectivity index (χ3n) is 3.99. The van der Waals surface area contributed by atoms with E-state index in [1.807, 2.05) is 24.5 Å². The normalized spacial score (nSPS) is 10.9. The lowest BCUT2D eigenvalue weighted by atomic mass is 10.2. The van der Waals surface area contributed by atoms with Gasteiger partial charge in [-0.2, -0.15) is 0 Å². The molecular weight excluding hydrogens is 362 g/mol. The minimum Gasteiger partial charge on any atom is -0.381 e. The van der Waals surface area contributed by atoms with E-state index in [0.717, 1.165) is 33.4 Å². The number of hydrogen-bond donors (Lipinski definition) is 1. The summed E-state index contributed by atoms with van der Waals surface area (Å²) in [5, 5.41) is 3.46. The third kappa shape index (κ3) is 3.05. The predicted molar refractivity (Wildman–Crippen MR) is 103 cm³/mol. The number of para-hydroxylation sites is 1. The molecule has 4 rings (SSSR count). The van der Waals surface area contributed by atoms with Crippen LogP contribution in [0.4, 0.5) is 5.69 Å². The van der Waals surface area contributed by atoms with Crippen LogP contribution >= 0.6 is 15.9 Å². The van der Waals surface area contributed by atoms with Gasteiger partial charge in [-0.1, -0.05) is 46.3 Å². The molecule has 0 bridgehead atoms. The molecule has 0 radical (unpaired) electrons. The van der Waals surface area contributed by atoms with Gasteiger partial charge >= 0.3 is 0 Å². The lowest BCUT2D eigenvalue weighted by Crippen LogP contribution is -1.99. The van der Waals surface area contributed by atoms with Crippen molar-refractivity contribution in [3.63, 3.8) is 0 Å². The van der Waals surface area contributed by atoms with E-state index in [1.54, 1.807) is 0 Å². The van der Waals surface area contributed by atoms with Crippen LogP contribution in [0.1, 0.15) is 5.56 Å². The quantitative estimate of drug-likeness (QED) is 0.515. The van der Waals surface area contributed by atoms with Crippen molar-refractivity contribution in [3.8, 4) is 5.69 Å². The molecule has 3 nitrogen and oxygen atoms in total. The SMILES string of the molecule is Brc1ccc(CNc2ccc3c(c2)ncn3-c2ccccc2)cc1. The summed E-state index contributed by atoms with van der Waals surface area (Å²) in [6.07, 6.45) is 1.87. The van der Waals surface area contributed by atoms with E-state index in [9.17, 15) is 0 Å². The molecule has 0 fully saturated rings. The van der Waals surface area contributed by atoms with Crippen molar-refractivity contribution in [1.82, 2.24) is 9.55 Å². The Morgan fingerprint density at radius 2 is 1.71 bits per heavy atom. The van der Waals surface area contributed by atoms with Gasteiger partial charge in [0.15, 0.2) is 0 Å². The largest absolute Gasteiger partial charge is 0.381 e. The molecule has 4 heteroatoms. The zero-order chi connectivity index (χ0) is 16.4. The van der Waals surface area contributed by atoms with Crippen LogP contribution in [0.3, 0.4) is 0 Å². The van der Waals surface area contributed by atoms with Gasteiger partial charge in [-0.3, -0.25) is 4.57 Å². The third-order valence-corrected chi connectivity index (χ3v) is 4.52. The van der Waals surface area contributed by atoms with Crippen LogP contribution in [0.5, 0.6) is 0 Å². The van der Waals surface area contributed by atoms with Gasteiger partial charge in [-0.05, 0) is 48.0 Å². The molecule has 0 spiro atoms. The molecule has 3 aromatic carbocycles. The summed E-state index contributed by atoms with van der Waals surface area (Å²) in [4.78, 5) is 4.54. The van der Waals surface area contributed by atoms with Gasteiger partial charge in [0, 0.05) is 22.4 Å². The molecule has 118 valence electrons. The zero-order valence-electron chi connectivity index (χ0n) is 13.0. The highest BCUT2D eigenvalue weighted by Gasteiger charge is 2.05. The van der Waals surface area contributed by atoms with Gasteiger partial charge < -0.3 is 5.32 Å². The summed E-state index contributed by atoms with van der Waals surface area (Å²) in [7, 11) is 0. The van der Waals surface area contributed by atoms with Crippen LogP contribution in [0.15, 0.2) is 83.6 Å². The molecule has 0 amide bonds. The number of nitrogens with one attached hydrogen (secondary N) is 1. The predicted octanol–water partition coefficient (Wildman–Crippen LogP) is 5.40. The summed E-state index contributed by atoms with van der Waals surface area (Å²) in [5.41, 5.74) is 5.53. The molecule has 0 atom stereocenters. The number of benzene rings is 3. The number of halogens is 1. The summed E-state index contributed by atoms with van der Waals surface area (Å²) >= 11 is 3.46. The number of hydrogen-bond acceptors (Lipinski definition) is 2. The number of aromatic nitrogens is 2. The molecule has 1 aromatic heterocycles. The van der Waals surface area contributed by atoms with E-state index in [0.29, 0.717) is 0 Å². The van der Waals surface area contributed by atoms with Gasteiger partial charge in [-0.25, -0.2) is 4.98 Å². The standard InChI is InChI=1S/C20H16BrN3/c21-16-8-6-15(7-9-16)13-22-17-10-11-20-19(12-17)23-14-24(20)18-4-2-1-3-5-18/h1-12,14,22H,13H2. The smallest absolute Gasteiger partial charge is 0.100 e. The maximum atomic E-state index is 4.54. The topological polar surface area (TPSA) is 29.9 Å². The summed E-state index contributed by atoms with van der Waals surface area (Å²) in [5.74, 6) is 0. The lowest BCUT2D eigenvalue weighted by Gasteiger charge is -2.08. The number of rotatable bonds is 4. The van der Waals surface area contributed by atoms with Gasteiger partial charge in [0.1, 0.15) is 6.33 Å². The second-order valence-electron chi connectivity index (χ2n) is 5.63. The Morgan fingerprint density at radius 1 is 0.917 bits per heavy atom. The first-order valence-corrected chi connectivity index (χ1v) is 8.60. The Kier molecular flexibility index (Phi) is 4.05. The molecular formula is C20H16BrN3. The van der Waals surface area contributed by atoms with Crippen molar-refractivity contribution in [2.75, 3.05) is 5.32 Å². The molecule has 0 unspecified atom stereocenters. The first-order chi connectivity index (χ1) is 11.8. The van der Waals surface area contributed by atoms with E-state index in [2.05, 4.69) is 85.4 Å². The number of nitrogens with zero attached hydrogens (tertiary/aromatic N) is 2. The van der Waals surface area contributed by atoms with E-state index in [4.69, 9.17) is 0 Å². The molecule has 0 saturated carbocycles. The first-order valence-electron chi connectivity index (χ1n) is 7.80. The Morgan fingerprint density at radius 3 is 2.50 bits per heavy atom. The van der Waals surface area contributed by atoms with Gasteiger partial charge in [0.2, 0.25) is 0 Å². The zero-order valence-corrected chi connectivity index (χ0v) is 14.6. The Balaban J connectivity index is 1.57. The summed E-state index contributed by atoms with van der Waals surface area (Å²) in [6, 6.07) is 24.9. The van der Waals surface area contributed by atoms with E-state index in [1.165, 1.54) is 5.56 Å². The maximum absolute atomic E-state index is 4.54. The van der Waals surface area contributed by atoms with Gasteiger partial charge in [0.25, 0.3) is 0 Å². The molecule has 0 aliphatic carbocycles. The minimum absolute atomic E-state index is 0.790. The lowest BCUT2D eigenvalue weighted by molar-refractivity contribution is 1.09. The monoisotopic (exact) mass is 377 g/mol. The van der Waals surface area contributed by atoms with Crippen LogP contribution < -0.4 is 5.32 Å². The van der Waals surface area contributed by atoms with Crippen LogP contribution in [-0.4, -0.2) is 9.55 Å². The highest BCUT2D eigenvalue weighted by Crippen LogP contribution is 2.22. The highest BCUT2D eigenvalue weighted by atomic mass is 79.9. The van der Waals surface area contributed by atoms with Crippen molar-refractivity contribution in [2.24, 2.45) is 0 Å². The van der Waals surface area contributed by atoms with E-state index < -0.39 is 0 Å². The Bertz CT molecular complexity index is 959. The van der Waals surface area contributed by atoms with Gasteiger partial charge in [-0.15, -0.1) is 0 Å². The average molecular weight is 378 g/mol. The molecule has 1 heterocycles. The fourth-order valence-electron chi connectivity index (χ4n) is 2.72. The second-order valence-corrected chi connectivity index (χ2v) is 6.55. The molecule has 0 saturated heterocycles. The molecule has 0 aliphatic rings. The molecule has 0 aliphatic heterocycles. The van der Waals surface area contributed by atoms with Crippen LogP contribution in [0.2, 0.25) is 0 Å². The van der Waals surface area contributed by atoms with Crippen molar-refractivity contribution in [3.05, 3.63) is 89.2 Å². The summed E-state index contributed by atoms with van der Waals surface area (Å²) < 4.78 is 3.20. The number of imidazole rings is 1. The van der Waals surface area contributed by atoms with Crippen molar-refractivity contribution in [2.45, 2.75) is 6.54 Å². The van der Waals surface area contributed by atoms with Crippen molar-refractivity contribution in [1.29, 1.82) is 0 Å². The van der Waals surface area contributed by atoms with Crippen molar-refractivity contribution < 1.29 is 0 Å². The van der Waals surface area contributed by atoms with Gasteiger partial charge in [0.05, 0.1) is 11.0 Å². The average Bonchev–Trinajstić information content (AvgIpc) is 3.05. The highest BCUT2D eigenvalue weighted by molar-refractivity contribution is 9.10. The fourth-order valence-corrected chi connectivity index (χ4v) is 2.99. The van der Waals surface area contributed by atoms with Crippen LogP contribution in [-0.2, 0) is 6.54 Å². The van der Waals surface area contributed by atoms with Crippen LogP contribution in [0.25, 0.3) is 16.7 Å². The van der Waals surface area contributed by atoms with E-state index in [-0.39, 0.29) is 0 Å². The number of fused-ring (bicyclic) bond motifs is 1. The molecule has 24 heavy (non-hydrogen) atoms. The number of anilines is 1.